The molecule has 0 aromatic heterocycles. The molecule has 2 heterocycles. The predicted octanol–water partition coefficient (Wildman–Crippen LogP) is 3.22. The molecule has 148 valence electrons. The number of benzene rings is 1. The second-order valence-electron chi connectivity index (χ2n) is 7.68. The summed E-state index contributed by atoms with van der Waals surface area (Å²) in [5, 5.41) is 2.22. The number of nitrogens with zero attached hydrogens (tertiary/aromatic N) is 2. The second-order valence-corrected chi connectivity index (χ2v) is 7.68. The van der Waals surface area contributed by atoms with Crippen molar-refractivity contribution in [2.75, 3.05) is 18.0 Å². The minimum atomic E-state index is -0.774. The summed E-state index contributed by atoms with van der Waals surface area (Å²) in [7, 11) is 0. The number of barbiturate groups is 1. The molecule has 3 fully saturated rings. The van der Waals surface area contributed by atoms with Gasteiger partial charge in [0.2, 0.25) is 0 Å². The van der Waals surface area contributed by atoms with Crippen molar-refractivity contribution in [3.05, 3.63) is 35.2 Å². The van der Waals surface area contributed by atoms with Crippen molar-refractivity contribution in [1.82, 2.24) is 10.2 Å². The summed E-state index contributed by atoms with van der Waals surface area (Å²) in [6.07, 6.45) is 7.99. The van der Waals surface area contributed by atoms with E-state index in [4.69, 9.17) is 0 Å². The largest absolute Gasteiger partial charge is 0.371 e. The lowest BCUT2D eigenvalue weighted by atomic mass is 10.0. The highest BCUT2D eigenvalue weighted by Gasteiger charge is 2.40. The Hall–Kier alpha value is -2.70. The van der Waals surface area contributed by atoms with E-state index >= 15 is 0 Å². The van der Waals surface area contributed by atoms with Crippen LogP contribution < -0.4 is 10.2 Å². The number of urea groups is 1. The quantitative estimate of drug-likeness (QED) is 0.641. The first-order chi connectivity index (χ1) is 13.5. The Morgan fingerprint density at radius 3 is 2.39 bits per heavy atom. The molecule has 0 radical (unpaired) electrons. The van der Waals surface area contributed by atoms with E-state index in [-0.39, 0.29) is 17.2 Å². The highest BCUT2D eigenvalue weighted by Crippen LogP contribution is 2.28. The van der Waals surface area contributed by atoms with Crippen LogP contribution in [0.1, 0.15) is 50.5 Å². The molecule has 7 heteroatoms. The van der Waals surface area contributed by atoms with Crippen LogP contribution in [0.4, 0.5) is 14.9 Å². The first-order valence-electron chi connectivity index (χ1n) is 9.99. The Morgan fingerprint density at radius 2 is 1.71 bits per heavy atom. The number of hydrogen-bond donors (Lipinski definition) is 1. The maximum Gasteiger partial charge on any atom is 0.331 e. The van der Waals surface area contributed by atoms with Gasteiger partial charge in [0.1, 0.15) is 11.4 Å². The number of piperidine rings is 1. The average Bonchev–Trinajstić information content (AvgIpc) is 3.21. The van der Waals surface area contributed by atoms with E-state index in [1.165, 1.54) is 18.6 Å². The molecule has 1 saturated carbocycles. The molecule has 1 aromatic rings. The first-order valence-corrected chi connectivity index (χ1v) is 9.99. The molecule has 4 amide bonds. The molecule has 28 heavy (non-hydrogen) atoms. The zero-order valence-corrected chi connectivity index (χ0v) is 15.7. The smallest absolute Gasteiger partial charge is 0.331 e. The van der Waals surface area contributed by atoms with Crippen molar-refractivity contribution < 1.29 is 18.8 Å². The van der Waals surface area contributed by atoms with Gasteiger partial charge in [0.15, 0.2) is 0 Å². The van der Waals surface area contributed by atoms with Crippen LogP contribution in [0.15, 0.2) is 23.8 Å². The van der Waals surface area contributed by atoms with Crippen molar-refractivity contribution in [1.29, 1.82) is 0 Å². The monoisotopic (exact) mass is 385 g/mol. The SMILES string of the molecule is O=C1NC(=O)N(C2CCCC2)C(=O)/C1=C/c1ccc(N2CCCCC2)cc1F. The fraction of sp³-hybridized carbons (Fsp3) is 0.476. The van der Waals surface area contributed by atoms with E-state index in [0.29, 0.717) is 0 Å². The van der Waals surface area contributed by atoms with Gasteiger partial charge in [-0.15, -0.1) is 0 Å². The molecule has 4 rings (SSSR count). The topological polar surface area (TPSA) is 69.7 Å². The van der Waals surface area contributed by atoms with E-state index < -0.39 is 23.7 Å². The van der Waals surface area contributed by atoms with Gasteiger partial charge in [0.25, 0.3) is 11.8 Å². The molecule has 3 aliphatic rings. The van der Waals surface area contributed by atoms with Crippen molar-refractivity contribution in [2.24, 2.45) is 0 Å². The standard InChI is InChI=1S/C21H24FN3O3/c22-18-13-16(24-10-4-1-5-11-24)9-8-14(18)12-17-19(26)23-21(28)25(20(17)27)15-6-2-3-7-15/h8-9,12-13,15H,1-7,10-11H2,(H,23,26,28)/b17-12+. The van der Waals surface area contributed by atoms with Crippen molar-refractivity contribution in [2.45, 2.75) is 51.0 Å². The van der Waals surface area contributed by atoms with Gasteiger partial charge in [-0.05, 0) is 56.4 Å². The van der Waals surface area contributed by atoms with Crippen molar-refractivity contribution in [3.8, 4) is 0 Å². The predicted molar refractivity (Wildman–Crippen MR) is 103 cm³/mol. The molecule has 1 N–H and O–H groups in total. The number of amides is 4. The van der Waals surface area contributed by atoms with Gasteiger partial charge in [-0.3, -0.25) is 19.8 Å². The number of anilines is 1. The fourth-order valence-corrected chi connectivity index (χ4v) is 4.30. The van der Waals surface area contributed by atoms with Gasteiger partial charge in [-0.2, -0.15) is 0 Å². The first kappa shape index (κ1) is 18.7. The Bertz CT molecular complexity index is 839. The molecule has 1 aliphatic carbocycles. The molecule has 0 atom stereocenters. The Kier molecular flexibility index (Phi) is 5.15. The van der Waals surface area contributed by atoms with Gasteiger partial charge in [-0.1, -0.05) is 12.8 Å². The Balaban J connectivity index is 1.60. The lowest BCUT2D eigenvalue weighted by Crippen LogP contribution is -2.57. The average molecular weight is 385 g/mol. The second kappa shape index (κ2) is 7.73. The minimum absolute atomic E-state index is 0.167. The zero-order valence-electron chi connectivity index (χ0n) is 15.7. The van der Waals surface area contributed by atoms with Crippen LogP contribution in [0.2, 0.25) is 0 Å². The van der Waals surface area contributed by atoms with Gasteiger partial charge in [-0.25, -0.2) is 9.18 Å². The molecule has 2 aliphatic heterocycles. The third-order valence-electron chi connectivity index (χ3n) is 5.83. The van der Waals surface area contributed by atoms with E-state index in [2.05, 4.69) is 10.2 Å². The summed E-state index contributed by atoms with van der Waals surface area (Å²) in [5.74, 6) is -1.90. The maximum atomic E-state index is 14.7. The number of nitrogens with one attached hydrogen (secondary N) is 1. The summed E-state index contributed by atoms with van der Waals surface area (Å²) in [4.78, 5) is 40.5. The number of hydrogen-bond acceptors (Lipinski definition) is 4. The highest BCUT2D eigenvalue weighted by atomic mass is 19.1. The number of carbonyl (C=O) groups excluding carboxylic acids is 3. The molecule has 0 bridgehead atoms. The third kappa shape index (κ3) is 3.53. The van der Waals surface area contributed by atoms with Gasteiger partial charge < -0.3 is 4.90 Å². The Morgan fingerprint density at radius 1 is 1.00 bits per heavy atom. The van der Waals surface area contributed by atoms with Crippen molar-refractivity contribution >= 4 is 29.6 Å². The highest BCUT2D eigenvalue weighted by molar-refractivity contribution is 6.31. The van der Waals surface area contributed by atoms with Crippen LogP contribution in [0.3, 0.4) is 0 Å². The molecule has 6 nitrogen and oxygen atoms in total. The maximum absolute atomic E-state index is 14.7. The van der Waals surface area contributed by atoms with E-state index in [1.54, 1.807) is 6.07 Å². The molecule has 1 aromatic carbocycles. The summed E-state index contributed by atoms with van der Waals surface area (Å²) in [5.41, 5.74) is 0.776. The lowest BCUT2D eigenvalue weighted by Gasteiger charge is -2.31. The fourth-order valence-electron chi connectivity index (χ4n) is 4.30. The number of rotatable bonds is 3. The van der Waals surface area contributed by atoms with Gasteiger partial charge in [0.05, 0.1) is 0 Å². The van der Waals surface area contributed by atoms with E-state index in [9.17, 15) is 18.8 Å². The van der Waals surface area contributed by atoms with Gasteiger partial charge in [0, 0.05) is 30.4 Å². The summed E-state index contributed by atoms with van der Waals surface area (Å²) in [6, 6.07) is 3.97. The van der Waals surface area contributed by atoms with Crippen LogP contribution in [0, 0.1) is 5.82 Å². The van der Waals surface area contributed by atoms with E-state index in [0.717, 1.165) is 62.2 Å². The van der Waals surface area contributed by atoms with Crippen molar-refractivity contribution in [3.63, 3.8) is 0 Å². The Labute approximate surface area is 163 Å². The van der Waals surface area contributed by atoms with Crippen LogP contribution >= 0.6 is 0 Å². The van der Waals surface area contributed by atoms with E-state index in [1.807, 2.05) is 6.07 Å². The normalized spacial score (nSPS) is 22.9. The minimum Gasteiger partial charge on any atom is -0.371 e. The van der Waals surface area contributed by atoms with Crippen LogP contribution in [0.25, 0.3) is 6.08 Å². The van der Waals surface area contributed by atoms with Crippen LogP contribution in [-0.4, -0.2) is 41.9 Å². The molecule has 0 unspecified atom stereocenters. The molecular formula is C21H24FN3O3. The summed E-state index contributed by atoms with van der Waals surface area (Å²) < 4.78 is 14.7. The number of imide groups is 2. The van der Waals surface area contributed by atoms with Crippen LogP contribution in [0.5, 0.6) is 0 Å². The molecule has 2 saturated heterocycles. The lowest BCUT2D eigenvalue weighted by molar-refractivity contribution is -0.131. The van der Waals surface area contributed by atoms with Gasteiger partial charge >= 0.3 is 6.03 Å². The molecular weight excluding hydrogens is 361 g/mol. The number of carbonyl (C=O) groups is 3. The molecule has 0 spiro atoms. The zero-order chi connectivity index (χ0) is 19.7. The summed E-state index contributed by atoms with van der Waals surface area (Å²) >= 11 is 0. The summed E-state index contributed by atoms with van der Waals surface area (Å²) in [6.45, 7) is 1.80. The number of halogens is 1. The third-order valence-corrected chi connectivity index (χ3v) is 5.83. The van der Waals surface area contributed by atoms with Crippen LogP contribution in [-0.2, 0) is 9.59 Å².